The number of nitrogen functional groups attached to an aromatic ring is 1. The molecule has 1 aromatic heterocycles. The number of nitrogens with two attached hydrogens (primary N) is 1. The zero-order valence-electron chi connectivity index (χ0n) is 11.0. The lowest BCUT2D eigenvalue weighted by atomic mass is 10.2. The van der Waals surface area contributed by atoms with Crippen LogP contribution in [0.5, 0.6) is 0 Å². The molecule has 0 bridgehead atoms. The fourth-order valence-corrected chi connectivity index (χ4v) is 2.70. The van der Waals surface area contributed by atoms with E-state index in [1.165, 1.54) is 12.1 Å². The summed E-state index contributed by atoms with van der Waals surface area (Å²) in [5, 5.41) is 0.453. The summed E-state index contributed by atoms with van der Waals surface area (Å²) >= 11 is 5.88. The van der Waals surface area contributed by atoms with Gasteiger partial charge in [0.05, 0.1) is 15.6 Å². The van der Waals surface area contributed by atoms with Crippen molar-refractivity contribution in [3.63, 3.8) is 0 Å². The van der Waals surface area contributed by atoms with Gasteiger partial charge >= 0.3 is 0 Å². The van der Waals surface area contributed by atoms with E-state index >= 15 is 0 Å². The number of halogens is 1. The molecule has 0 fully saturated rings. The van der Waals surface area contributed by atoms with Crippen LogP contribution in [-0.4, -0.2) is 19.7 Å². The third kappa shape index (κ3) is 2.59. The van der Waals surface area contributed by atoms with E-state index in [1.54, 1.807) is 24.3 Å². The van der Waals surface area contributed by atoms with E-state index in [1.807, 2.05) is 0 Å². The highest BCUT2D eigenvalue weighted by Crippen LogP contribution is 2.29. The summed E-state index contributed by atoms with van der Waals surface area (Å²) in [4.78, 5) is 4.50. The molecule has 2 aromatic carbocycles. The van der Waals surface area contributed by atoms with E-state index in [2.05, 4.69) is 4.98 Å². The van der Waals surface area contributed by atoms with Crippen LogP contribution in [0.15, 0.2) is 45.7 Å². The number of oxazole rings is 1. The van der Waals surface area contributed by atoms with Gasteiger partial charge in [0.15, 0.2) is 15.4 Å². The van der Waals surface area contributed by atoms with Gasteiger partial charge < -0.3 is 10.2 Å². The summed E-state index contributed by atoms with van der Waals surface area (Å²) in [7, 11) is -3.28. The van der Waals surface area contributed by atoms with Gasteiger partial charge in [0, 0.05) is 11.8 Å². The van der Waals surface area contributed by atoms with Gasteiger partial charge in [0.1, 0.15) is 5.52 Å². The Kier molecular flexibility index (Phi) is 3.15. The minimum absolute atomic E-state index is 0.200. The Balaban J connectivity index is 2.14. The average molecular weight is 323 g/mol. The van der Waals surface area contributed by atoms with Gasteiger partial charge in [0.25, 0.3) is 0 Å². The van der Waals surface area contributed by atoms with Gasteiger partial charge in [-0.1, -0.05) is 11.6 Å². The van der Waals surface area contributed by atoms with Crippen molar-refractivity contribution in [1.29, 1.82) is 0 Å². The van der Waals surface area contributed by atoms with Crippen LogP contribution >= 0.6 is 11.6 Å². The van der Waals surface area contributed by atoms with Gasteiger partial charge in [-0.15, -0.1) is 0 Å². The van der Waals surface area contributed by atoms with Crippen molar-refractivity contribution < 1.29 is 12.8 Å². The lowest BCUT2D eigenvalue weighted by Gasteiger charge is -1.99. The molecule has 0 aliphatic carbocycles. The first-order valence-electron chi connectivity index (χ1n) is 6.00. The molecule has 0 atom stereocenters. The van der Waals surface area contributed by atoms with Crippen molar-refractivity contribution in [1.82, 2.24) is 4.98 Å². The Labute approximate surface area is 126 Å². The zero-order valence-corrected chi connectivity index (χ0v) is 12.6. The Morgan fingerprint density at radius 2 is 1.95 bits per heavy atom. The van der Waals surface area contributed by atoms with E-state index in [0.29, 0.717) is 33.3 Å². The molecule has 0 aliphatic rings. The fourth-order valence-electron chi connectivity index (χ4n) is 1.94. The summed E-state index contributed by atoms with van der Waals surface area (Å²) in [6.07, 6.45) is 1.15. The van der Waals surface area contributed by atoms with Gasteiger partial charge in [-0.3, -0.25) is 0 Å². The Bertz CT molecular complexity index is 948. The normalized spacial score (nSPS) is 11.9. The first-order chi connectivity index (χ1) is 9.84. The van der Waals surface area contributed by atoms with E-state index in [-0.39, 0.29) is 4.90 Å². The molecule has 0 saturated heterocycles. The van der Waals surface area contributed by atoms with Gasteiger partial charge in [-0.25, -0.2) is 13.4 Å². The highest BCUT2D eigenvalue weighted by Gasteiger charge is 2.13. The van der Waals surface area contributed by atoms with E-state index in [4.69, 9.17) is 21.8 Å². The fraction of sp³-hybridized carbons (Fsp3) is 0.0714. The quantitative estimate of drug-likeness (QED) is 0.732. The molecule has 0 amide bonds. The lowest BCUT2D eigenvalue weighted by molar-refractivity contribution is 0.602. The largest absolute Gasteiger partial charge is 0.436 e. The minimum Gasteiger partial charge on any atom is -0.436 e. The molecule has 0 aliphatic heterocycles. The van der Waals surface area contributed by atoms with Gasteiger partial charge in [-0.05, 0) is 36.4 Å². The van der Waals surface area contributed by atoms with Crippen molar-refractivity contribution in [2.45, 2.75) is 4.90 Å². The lowest BCUT2D eigenvalue weighted by Crippen LogP contribution is -1.96. The van der Waals surface area contributed by atoms with Crippen molar-refractivity contribution in [2.75, 3.05) is 12.0 Å². The van der Waals surface area contributed by atoms with E-state index in [0.717, 1.165) is 6.26 Å². The van der Waals surface area contributed by atoms with Crippen LogP contribution in [0.3, 0.4) is 0 Å². The molecule has 0 spiro atoms. The highest BCUT2D eigenvalue weighted by atomic mass is 35.5. The standard InChI is InChI=1S/C14H11ClN2O3S/c1-21(18,19)9-3-5-13-12(7-9)17-14(20-13)8-2-4-10(15)11(16)6-8/h2-7H,16H2,1H3. The average Bonchev–Trinajstić information content (AvgIpc) is 2.83. The molecule has 0 saturated carbocycles. The van der Waals surface area contributed by atoms with Crippen molar-refractivity contribution in [3.8, 4) is 11.5 Å². The number of benzene rings is 2. The number of fused-ring (bicyclic) bond motifs is 1. The second-order valence-corrected chi connectivity index (χ2v) is 7.08. The summed E-state index contributed by atoms with van der Waals surface area (Å²) in [6, 6.07) is 9.61. The highest BCUT2D eigenvalue weighted by molar-refractivity contribution is 7.90. The van der Waals surface area contributed by atoms with Crippen molar-refractivity contribution >= 4 is 38.2 Å². The third-order valence-electron chi connectivity index (χ3n) is 3.03. The van der Waals surface area contributed by atoms with E-state index in [9.17, 15) is 8.42 Å². The first-order valence-corrected chi connectivity index (χ1v) is 8.27. The zero-order chi connectivity index (χ0) is 15.2. The van der Waals surface area contributed by atoms with Gasteiger partial charge in [-0.2, -0.15) is 0 Å². The van der Waals surface area contributed by atoms with Crippen LogP contribution in [0.2, 0.25) is 5.02 Å². The monoisotopic (exact) mass is 322 g/mol. The van der Waals surface area contributed by atoms with Gasteiger partial charge in [0.2, 0.25) is 5.89 Å². The number of nitrogens with zero attached hydrogens (tertiary/aromatic N) is 1. The summed E-state index contributed by atoms with van der Waals surface area (Å²) in [5.41, 5.74) is 7.83. The number of sulfone groups is 1. The molecule has 21 heavy (non-hydrogen) atoms. The predicted octanol–water partition coefficient (Wildman–Crippen LogP) is 3.13. The molecule has 7 heteroatoms. The Morgan fingerprint density at radius 3 is 2.62 bits per heavy atom. The number of aromatic nitrogens is 1. The molecule has 0 radical (unpaired) electrons. The van der Waals surface area contributed by atoms with Crippen LogP contribution in [0.4, 0.5) is 5.69 Å². The molecule has 3 rings (SSSR count). The molecule has 3 aromatic rings. The maximum Gasteiger partial charge on any atom is 0.227 e. The molecular weight excluding hydrogens is 312 g/mol. The molecule has 5 nitrogen and oxygen atoms in total. The molecule has 1 heterocycles. The maximum absolute atomic E-state index is 11.5. The van der Waals surface area contributed by atoms with Crippen LogP contribution in [0.25, 0.3) is 22.6 Å². The second kappa shape index (κ2) is 4.75. The maximum atomic E-state index is 11.5. The molecular formula is C14H11ClN2O3S. The predicted molar refractivity (Wildman–Crippen MR) is 82.0 cm³/mol. The van der Waals surface area contributed by atoms with E-state index < -0.39 is 9.84 Å². The van der Waals surface area contributed by atoms with Crippen LogP contribution in [-0.2, 0) is 9.84 Å². The summed E-state index contributed by atoms with van der Waals surface area (Å²) < 4.78 is 28.7. The minimum atomic E-state index is -3.28. The number of anilines is 1. The van der Waals surface area contributed by atoms with Crippen molar-refractivity contribution in [2.24, 2.45) is 0 Å². The Morgan fingerprint density at radius 1 is 1.19 bits per heavy atom. The number of rotatable bonds is 2. The second-order valence-electron chi connectivity index (χ2n) is 4.66. The summed E-state index contributed by atoms with van der Waals surface area (Å²) in [5.74, 6) is 0.360. The SMILES string of the molecule is CS(=O)(=O)c1ccc2oc(-c3ccc(Cl)c(N)c3)nc2c1. The smallest absolute Gasteiger partial charge is 0.227 e. The molecule has 108 valence electrons. The number of hydrogen-bond donors (Lipinski definition) is 1. The van der Waals surface area contributed by atoms with Crippen molar-refractivity contribution in [3.05, 3.63) is 41.4 Å². The number of hydrogen-bond acceptors (Lipinski definition) is 5. The Hall–Kier alpha value is -2.05. The molecule has 2 N–H and O–H groups in total. The van der Waals surface area contributed by atoms with Crippen LogP contribution in [0, 0.1) is 0 Å². The summed E-state index contributed by atoms with van der Waals surface area (Å²) in [6.45, 7) is 0. The van der Waals surface area contributed by atoms with Crippen LogP contribution < -0.4 is 5.73 Å². The topological polar surface area (TPSA) is 86.2 Å². The first kappa shape index (κ1) is 13.9. The van der Waals surface area contributed by atoms with Crippen LogP contribution in [0.1, 0.15) is 0 Å². The molecule has 0 unspecified atom stereocenters. The third-order valence-corrected chi connectivity index (χ3v) is 4.48.